The van der Waals surface area contributed by atoms with Crippen molar-refractivity contribution in [3.63, 3.8) is 0 Å². The minimum Gasteiger partial charge on any atom is -0.309 e. The second-order valence-electron chi connectivity index (χ2n) is 5.30. The number of piperazine rings is 1. The molecule has 0 amide bonds. The fraction of sp³-hybridized carbons (Fsp3) is 0.714. The monoisotopic (exact) mass is 263 g/mol. The van der Waals surface area contributed by atoms with Gasteiger partial charge in [-0.2, -0.15) is 0 Å². The van der Waals surface area contributed by atoms with Crippen molar-refractivity contribution >= 4 is 0 Å². The lowest BCUT2D eigenvalue weighted by atomic mass is 10.2. The van der Waals surface area contributed by atoms with Crippen LogP contribution >= 0.6 is 0 Å². The minimum absolute atomic E-state index is 0.279. The van der Waals surface area contributed by atoms with Gasteiger partial charge in [0, 0.05) is 50.8 Å². The maximum atomic E-state index is 4.31. The molecule has 0 aromatic carbocycles. The summed E-state index contributed by atoms with van der Waals surface area (Å²) >= 11 is 0. The largest absolute Gasteiger partial charge is 0.309 e. The van der Waals surface area contributed by atoms with Crippen molar-refractivity contribution in [2.75, 3.05) is 46.3 Å². The molecule has 2 rings (SSSR count). The number of hydrogen-bond acceptors (Lipinski definition) is 5. The van der Waals surface area contributed by atoms with E-state index in [1.54, 1.807) is 12.4 Å². The molecule has 0 radical (unpaired) electrons. The molecule has 1 fully saturated rings. The molecule has 106 valence electrons. The fourth-order valence-corrected chi connectivity index (χ4v) is 2.33. The minimum atomic E-state index is 0.279. The molecule has 0 spiro atoms. The molecule has 5 heteroatoms. The van der Waals surface area contributed by atoms with Gasteiger partial charge in [-0.3, -0.25) is 9.97 Å². The molecule has 0 saturated carbocycles. The Hall–Kier alpha value is -1.04. The number of nitrogens with zero attached hydrogens (tertiary/aromatic N) is 4. The fourth-order valence-electron chi connectivity index (χ4n) is 2.33. The molecule has 0 aliphatic carbocycles. The zero-order valence-electron chi connectivity index (χ0n) is 12.0. The number of aromatic nitrogens is 2. The summed E-state index contributed by atoms with van der Waals surface area (Å²) in [7, 11) is 2.20. The van der Waals surface area contributed by atoms with E-state index in [0.717, 1.165) is 12.2 Å². The SMILES string of the molecule is CC(NCCCN1CCN(C)CC1)c1cnccn1. The van der Waals surface area contributed by atoms with Gasteiger partial charge in [-0.25, -0.2) is 0 Å². The third-order valence-electron chi connectivity index (χ3n) is 3.72. The number of likely N-dealkylation sites (N-methyl/N-ethyl adjacent to an activating group) is 1. The Morgan fingerprint density at radius 2 is 2.05 bits per heavy atom. The van der Waals surface area contributed by atoms with Crippen LogP contribution in [0.15, 0.2) is 18.6 Å². The summed E-state index contributed by atoms with van der Waals surface area (Å²) < 4.78 is 0. The summed E-state index contributed by atoms with van der Waals surface area (Å²) in [5.74, 6) is 0. The first-order valence-electron chi connectivity index (χ1n) is 7.16. The van der Waals surface area contributed by atoms with Gasteiger partial charge in [0.2, 0.25) is 0 Å². The van der Waals surface area contributed by atoms with Gasteiger partial charge in [-0.1, -0.05) is 0 Å². The van der Waals surface area contributed by atoms with Crippen LogP contribution in [0.4, 0.5) is 0 Å². The van der Waals surface area contributed by atoms with Crippen LogP contribution in [0.3, 0.4) is 0 Å². The molecule has 1 aromatic rings. The van der Waals surface area contributed by atoms with Crippen LogP contribution in [0.1, 0.15) is 25.1 Å². The van der Waals surface area contributed by atoms with E-state index < -0.39 is 0 Å². The van der Waals surface area contributed by atoms with Crippen molar-refractivity contribution in [1.29, 1.82) is 0 Å². The Labute approximate surface area is 116 Å². The van der Waals surface area contributed by atoms with E-state index in [4.69, 9.17) is 0 Å². The van der Waals surface area contributed by atoms with Gasteiger partial charge in [0.15, 0.2) is 0 Å². The van der Waals surface area contributed by atoms with Gasteiger partial charge in [-0.05, 0) is 33.5 Å². The summed E-state index contributed by atoms with van der Waals surface area (Å²) in [6.45, 7) is 9.16. The lowest BCUT2D eigenvalue weighted by molar-refractivity contribution is 0.152. The molecule has 1 aliphatic heterocycles. The first-order chi connectivity index (χ1) is 9.25. The molecule has 0 bridgehead atoms. The van der Waals surface area contributed by atoms with E-state index in [1.807, 2.05) is 6.20 Å². The van der Waals surface area contributed by atoms with Crippen LogP contribution in [0.5, 0.6) is 0 Å². The number of rotatable bonds is 6. The van der Waals surface area contributed by atoms with Crippen molar-refractivity contribution in [3.05, 3.63) is 24.3 Å². The van der Waals surface area contributed by atoms with Crippen molar-refractivity contribution in [3.8, 4) is 0 Å². The lowest BCUT2D eigenvalue weighted by Gasteiger charge is -2.32. The van der Waals surface area contributed by atoms with Crippen LogP contribution in [0.2, 0.25) is 0 Å². The van der Waals surface area contributed by atoms with Crippen molar-refractivity contribution in [2.45, 2.75) is 19.4 Å². The molecule has 19 heavy (non-hydrogen) atoms. The summed E-state index contributed by atoms with van der Waals surface area (Å²) in [6, 6.07) is 0.279. The smallest absolute Gasteiger partial charge is 0.0753 e. The maximum absolute atomic E-state index is 4.31. The predicted molar refractivity (Wildman–Crippen MR) is 77.0 cm³/mol. The average molecular weight is 263 g/mol. The number of hydrogen-bond donors (Lipinski definition) is 1. The van der Waals surface area contributed by atoms with Crippen molar-refractivity contribution < 1.29 is 0 Å². The van der Waals surface area contributed by atoms with Crippen LogP contribution in [0.25, 0.3) is 0 Å². The third-order valence-corrected chi connectivity index (χ3v) is 3.72. The van der Waals surface area contributed by atoms with E-state index in [-0.39, 0.29) is 6.04 Å². The van der Waals surface area contributed by atoms with Crippen molar-refractivity contribution in [1.82, 2.24) is 25.1 Å². The van der Waals surface area contributed by atoms with E-state index >= 15 is 0 Å². The van der Waals surface area contributed by atoms with Crippen LogP contribution in [-0.2, 0) is 0 Å². The lowest BCUT2D eigenvalue weighted by Crippen LogP contribution is -2.45. The standard InChI is InChI=1S/C14H25N5/c1-13(14-12-15-5-6-17-14)16-4-3-7-19-10-8-18(2)9-11-19/h5-6,12-13,16H,3-4,7-11H2,1-2H3. The van der Waals surface area contributed by atoms with Crippen LogP contribution < -0.4 is 5.32 Å². The number of nitrogens with one attached hydrogen (secondary N) is 1. The summed E-state index contributed by atoms with van der Waals surface area (Å²) in [5, 5.41) is 3.51. The van der Waals surface area contributed by atoms with E-state index in [9.17, 15) is 0 Å². The molecule has 1 atom stereocenters. The predicted octanol–water partition coefficient (Wildman–Crippen LogP) is 0.765. The highest BCUT2D eigenvalue weighted by molar-refractivity contribution is 5.00. The second kappa shape index (κ2) is 7.53. The maximum Gasteiger partial charge on any atom is 0.0753 e. The summed E-state index contributed by atoms with van der Waals surface area (Å²) in [6.07, 6.45) is 6.48. The van der Waals surface area contributed by atoms with E-state index in [1.165, 1.54) is 39.1 Å². The topological polar surface area (TPSA) is 44.3 Å². The van der Waals surface area contributed by atoms with E-state index in [0.29, 0.717) is 0 Å². The Balaban J connectivity index is 1.59. The van der Waals surface area contributed by atoms with Crippen molar-refractivity contribution in [2.24, 2.45) is 0 Å². The Bertz CT molecular complexity index is 348. The molecule has 1 saturated heterocycles. The van der Waals surface area contributed by atoms with E-state index in [2.05, 4.69) is 39.1 Å². The van der Waals surface area contributed by atoms with Gasteiger partial charge in [0.05, 0.1) is 5.69 Å². The summed E-state index contributed by atoms with van der Waals surface area (Å²) in [5.41, 5.74) is 1.02. The zero-order valence-corrected chi connectivity index (χ0v) is 12.0. The van der Waals surface area contributed by atoms with Gasteiger partial charge < -0.3 is 15.1 Å². The van der Waals surface area contributed by atoms with Gasteiger partial charge >= 0.3 is 0 Å². The molecule has 1 N–H and O–H groups in total. The molecule has 1 aliphatic rings. The highest BCUT2D eigenvalue weighted by Crippen LogP contribution is 2.06. The quantitative estimate of drug-likeness (QED) is 0.768. The third kappa shape index (κ3) is 4.86. The Morgan fingerprint density at radius 1 is 1.26 bits per heavy atom. The molecular weight excluding hydrogens is 238 g/mol. The van der Waals surface area contributed by atoms with Gasteiger partial charge in [-0.15, -0.1) is 0 Å². The first kappa shape index (κ1) is 14.4. The Kier molecular flexibility index (Phi) is 5.69. The van der Waals surface area contributed by atoms with Gasteiger partial charge in [0.1, 0.15) is 0 Å². The average Bonchev–Trinajstić information content (AvgIpc) is 2.46. The molecule has 2 heterocycles. The first-order valence-corrected chi connectivity index (χ1v) is 7.16. The van der Waals surface area contributed by atoms with Crippen LogP contribution in [-0.4, -0.2) is 66.1 Å². The highest BCUT2D eigenvalue weighted by atomic mass is 15.2. The van der Waals surface area contributed by atoms with Gasteiger partial charge in [0.25, 0.3) is 0 Å². The second-order valence-corrected chi connectivity index (χ2v) is 5.30. The zero-order chi connectivity index (χ0) is 13.5. The molecule has 5 nitrogen and oxygen atoms in total. The van der Waals surface area contributed by atoms with Crippen LogP contribution in [0, 0.1) is 0 Å². The summed E-state index contributed by atoms with van der Waals surface area (Å²) in [4.78, 5) is 13.4. The molecular formula is C14H25N5. The molecule has 1 aromatic heterocycles. The Morgan fingerprint density at radius 3 is 2.74 bits per heavy atom. The molecule has 1 unspecified atom stereocenters. The highest BCUT2D eigenvalue weighted by Gasteiger charge is 2.13. The normalized spacial score (nSPS) is 19.5.